The zero-order valence-corrected chi connectivity index (χ0v) is 12.3. The number of hydrogen-bond acceptors (Lipinski definition) is 4. The molecule has 112 valence electrons. The first-order chi connectivity index (χ1) is 9.65. The van der Waals surface area contributed by atoms with Gasteiger partial charge in [-0.1, -0.05) is 19.8 Å². The average molecular weight is 280 g/mol. The average Bonchev–Trinajstić information content (AvgIpc) is 2.82. The molecule has 1 saturated carbocycles. The van der Waals surface area contributed by atoms with Crippen molar-refractivity contribution in [2.45, 2.75) is 52.2 Å². The summed E-state index contributed by atoms with van der Waals surface area (Å²) in [7, 11) is 0. The molecule has 6 nitrogen and oxygen atoms in total. The Morgan fingerprint density at radius 1 is 1.55 bits per heavy atom. The fourth-order valence-corrected chi connectivity index (χ4v) is 2.62. The number of nitrogens with zero attached hydrogens (tertiary/aromatic N) is 3. The van der Waals surface area contributed by atoms with Crippen LogP contribution in [0, 0.1) is 12.8 Å². The number of amides is 1. The minimum absolute atomic E-state index is 0.0473. The molecular weight excluding hydrogens is 256 g/mol. The first kappa shape index (κ1) is 15.0. The van der Waals surface area contributed by atoms with Crippen LogP contribution in [-0.4, -0.2) is 39.9 Å². The number of aryl methyl sites for hydroxylation is 1. The Morgan fingerprint density at radius 3 is 3.10 bits per heavy atom. The second-order valence-corrected chi connectivity index (χ2v) is 5.63. The van der Waals surface area contributed by atoms with Gasteiger partial charge in [0.2, 0.25) is 5.91 Å². The summed E-state index contributed by atoms with van der Waals surface area (Å²) < 4.78 is 7.59. The zero-order valence-electron chi connectivity index (χ0n) is 12.3. The number of rotatable bonds is 6. The summed E-state index contributed by atoms with van der Waals surface area (Å²) >= 11 is 0. The summed E-state index contributed by atoms with van der Waals surface area (Å²) in [6.07, 6.45) is 6.57. The SMILES string of the molecule is Cc1nncn1CCNC(=O)CO[C@@H]1CCC[C@H](C)C1. The van der Waals surface area contributed by atoms with Gasteiger partial charge in [-0.3, -0.25) is 4.79 Å². The third-order valence-corrected chi connectivity index (χ3v) is 3.82. The van der Waals surface area contributed by atoms with Crippen molar-refractivity contribution in [3.63, 3.8) is 0 Å². The summed E-state index contributed by atoms with van der Waals surface area (Å²) in [5.74, 6) is 1.52. The minimum Gasteiger partial charge on any atom is -0.368 e. The van der Waals surface area contributed by atoms with Gasteiger partial charge in [-0.25, -0.2) is 0 Å². The Balaban J connectivity index is 1.59. The van der Waals surface area contributed by atoms with Gasteiger partial charge in [0.15, 0.2) is 0 Å². The molecule has 1 aromatic rings. The monoisotopic (exact) mass is 280 g/mol. The fourth-order valence-electron chi connectivity index (χ4n) is 2.62. The quantitative estimate of drug-likeness (QED) is 0.852. The Labute approximate surface area is 119 Å². The van der Waals surface area contributed by atoms with Gasteiger partial charge in [-0.15, -0.1) is 10.2 Å². The third-order valence-electron chi connectivity index (χ3n) is 3.82. The molecule has 0 radical (unpaired) electrons. The highest BCUT2D eigenvalue weighted by Gasteiger charge is 2.19. The van der Waals surface area contributed by atoms with Crippen LogP contribution < -0.4 is 5.32 Å². The Bertz CT molecular complexity index is 433. The van der Waals surface area contributed by atoms with E-state index >= 15 is 0 Å². The maximum atomic E-state index is 11.7. The lowest BCUT2D eigenvalue weighted by molar-refractivity contribution is -0.128. The van der Waals surface area contributed by atoms with Crippen molar-refractivity contribution in [3.8, 4) is 0 Å². The lowest BCUT2D eigenvalue weighted by Gasteiger charge is -2.26. The van der Waals surface area contributed by atoms with Crippen molar-refractivity contribution >= 4 is 5.91 Å². The van der Waals surface area contributed by atoms with Crippen molar-refractivity contribution < 1.29 is 9.53 Å². The summed E-state index contributed by atoms with van der Waals surface area (Å²) in [6.45, 7) is 5.56. The van der Waals surface area contributed by atoms with Crippen LogP contribution in [0.1, 0.15) is 38.4 Å². The molecule has 1 fully saturated rings. The van der Waals surface area contributed by atoms with Gasteiger partial charge in [0, 0.05) is 13.1 Å². The standard InChI is InChI=1S/C14H24N4O2/c1-11-4-3-5-13(8-11)20-9-14(19)15-6-7-18-10-16-17-12(18)2/h10-11,13H,3-9H2,1-2H3,(H,15,19)/t11-,13+/m0/s1. The summed E-state index contributed by atoms with van der Waals surface area (Å²) in [4.78, 5) is 11.7. The second-order valence-electron chi connectivity index (χ2n) is 5.63. The Morgan fingerprint density at radius 2 is 2.40 bits per heavy atom. The predicted octanol–water partition coefficient (Wildman–Crippen LogP) is 1.30. The molecule has 20 heavy (non-hydrogen) atoms. The summed E-state index contributed by atoms with van der Waals surface area (Å²) in [5.41, 5.74) is 0. The van der Waals surface area contributed by atoms with Crippen LogP contribution in [0.4, 0.5) is 0 Å². The van der Waals surface area contributed by atoms with Gasteiger partial charge >= 0.3 is 0 Å². The molecule has 1 aliphatic rings. The number of nitrogens with one attached hydrogen (secondary N) is 1. The zero-order chi connectivity index (χ0) is 14.4. The van der Waals surface area contributed by atoms with Gasteiger partial charge in [-0.05, 0) is 25.7 Å². The largest absolute Gasteiger partial charge is 0.368 e. The first-order valence-electron chi connectivity index (χ1n) is 7.38. The maximum Gasteiger partial charge on any atom is 0.246 e. The Hall–Kier alpha value is -1.43. The second kappa shape index (κ2) is 7.38. The normalized spacial score (nSPS) is 22.7. The van der Waals surface area contributed by atoms with Crippen LogP contribution in [-0.2, 0) is 16.1 Å². The van der Waals surface area contributed by atoms with Crippen molar-refractivity contribution in [1.29, 1.82) is 0 Å². The van der Waals surface area contributed by atoms with Crippen molar-refractivity contribution in [2.75, 3.05) is 13.2 Å². The molecule has 1 heterocycles. The first-order valence-corrected chi connectivity index (χ1v) is 7.38. The van der Waals surface area contributed by atoms with Crippen LogP contribution in [0.5, 0.6) is 0 Å². The van der Waals surface area contributed by atoms with Crippen LogP contribution in [0.15, 0.2) is 6.33 Å². The smallest absolute Gasteiger partial charge is 0.246 e. The molecule has 1 N–H and O–H groups in total. The predicted molar refractivity (Wildman–Crippen MR) is 75.1 cm³/mol. The molecule has 0 bridgehead atoms. The lowest BCUT2D eigenvalue weighted by Crippen LogP contribution is -2.33. The van der Waals surface area contributed by atoms with E-state index in [1.54, 1.807) is 6.33 Å². The number of hydrogen-bond donors (Lipinski definition) is 1. The van der Waals surface area contributed by atoms with Gasteiger partial charge in [0.1, 0.15) is 18.8 Å². The fraction of sp³-hybridized carbons (Fsp3) is 0.786. The molecule has 0 saturated heterocycles. The highest BCUT2D eigenvalue weighted by atomic mass is 16.5. The molecule has 0 aromatic carbocycles. The van der Waals surface area contributed by atoms with Crippen molar-refractivity contribution in [2.24, 2.45) is 5.92 Å². The molecule has 0 unspecified atom stereocenters. The van der Waals surface area contributed by atoms with E-state index in [0.29, 0.717) is 19.0 Å². The van der Waals surface area contributed by atoms with E-state index in [0.717, 1.165) is 18.7 Å². The summed E-state index contributed by atoms with van der Waals surface area (Å²) in [6, 6.07) is 0. The summed E-state index contributed by atoms with van der Waals surface area (Å²) in [5, 5.41) is 10.6. The van der Waals surface area contributed by atoms with E-state index in [4.69, 9.17) is 4.74 Å². The molecule has 2 atom stereocenters. The van der Waals surface area contributed by atoms with E-state index in [1.165, 1.54) is 12.8 Å². The van der Waals surface area contributed by atoms with E-state index < -0.39 is 0 Å². The van der Waals surface area contributed by atoms with Crippen LogP contribution in [0.3, 0.4) is 0 Å². The third kappa shape index (κ3) is 4.59. The molecule has 0 spiro atoms. The van der Waals surface area contributed by atoms with Gasteiger partial charge in [0.25, 0.3) is 0 Å². The van der Waals surface area contributed by atoms with E-state index in [9.17, 15) is 4.79 Å². The number of aromatic nitrogens is 3. The number of ether oxygens (including phenoxy) is 1. The molecule has 2 rings (SSSR count). The van der Waals surface area contributed by atoms with Crippen molar-refractivity contribution in [3.05, 3.63) is 12.2 Å². The highest BCUT2D eigenvalue weighted by Crippen LogP contribution is 2.25. The molecule has 1 aliphatic carbocycles. The van der Waals surface area contributed by atoms with Crippen molar-refractivity contribution in [1.82, 2.24) is 20.1 Å². The topological polar surface area (TPSA) is 69.0 Å². The maximum absolute atomic E-state index is 11.7. The van der Waals surface area contributed by atoms with Crippen LogP contribution in [0.2, 0.25) is 0 Å². The van der Waals surface area contributed by atoms with Crippen LogP contribution >= 0.6 is 0 Å². The van der Waals surface area contributed by atoms with Crippen LogP contribution in [0.25, 0.3) is 0 Å². The highest BCUT2D eigenvalue weighted by molar-refractivity contribution is 5.77. The number of carbonyl (C=O) groups excluding carboxylic acids is 1. The van der Waals surface area contributed by atoms with Gasteiger partial charge in [0.05, 0.1) is 6.10 Å². The van der Waals surface area contributed by atoms with Gasteiger partial charge in [-0.2, -0.15) is 0 Å². The molecule has 1 aromatic heterocycles. The van der Waals surface area contributed by atoms with E-state index in [2.05, 4.69) is 22.4 Å². The van der Waals surface area contributed by atoms with E-state index in [1.807, 2.05) is 11.5 Å². The lowest BCUT2D eigenvalue weighted by atomic mass is 9.89. The Kier molecular flexibility index (Phi) is 5.52. The van der Waals surface area contributed by atoms with E-state index in [-0.39, 0.29) is 18.6 Å². The number of carbonyl (C=O) groups is 1. The molecule has 1 amide bonds. The minimum atomic E-state index is -0.0473. The molecular formula is C14H24N4O2. The molecule has 0 aliphatic heterocycles. The molecule has 6 heteroatoms. The van der Waals surface area contributed by atoms with Gasteiger partial charge < -0.3 is 14.6 Å².